The number of hydrogen-bond acceptors (Lipinski definition) is 8. The van der Waals surface area contributed by atoms with Crippen molar-refractivity contribution in [1.82, 2.24) is 25.3 Å². The van der Waals surface area contributed by atoms with Gasteiger partial charge >= 0.3 is 0 Å². The molecule has 8 nitrogen and oxygen atoms in total. The normalized spacial score (nSPS) is 12.8. The zero-order valence-corrected chi connectivity index (χ0v) is 20.2. The largest absolute Gasteiger partial charge is 0.465 e. The highest BCUT2D eigenvalue weighted by Gasteiger charge is 2.19. The molecule has 0 amide bonds. The lowest BCUT2D eigenvalue weighted by Gasteiger charge is -2.30. The molecule has 0 spiro atoms. The summed E-state index contributed by atoms with van der Waals surface area (Å²) in [7, 11) is 0. The second-order valence-electron chi connectivity index (χ2n) is 7.78. The first-order chi connectivity index (χ1) is 16.6. The van der Waals surface area contributed by atoms with Crippen LogP contribution in [0.5, 0.6) is 0 Å². The van der Waals surface area contributed by atoms with Gasteiger partial charge in [-0.25, -0.2) is 15.0 Å². The maximum atomic E-state index is 5.59. The second-order valence-corrected chi connectivity index (χ2v) is 9.18. The van der Waals surface area contributed by atoms with Crippen molar-refractivity contribution in [3.05, 3.63) is 83.6 Å². The van der Waals surface area contributed by atoms with Gasteiger partial charge in [-0.3, -0.25) is 0 Å². The summed E-state index contributed by atoms with van der Waals surface area (Å²) in [6.07, 6.45) is 4.40. The Morgan fingerprint density at radius 3 is 2.71 bits per heavy atom. The molecule has 34 heavy (non-hydrogen) atoms. The van der Waals surface area contributed by atoms with Crippen molar-refractivity contribution in [2.45, 2.75) is 36.6 Å². The topological polar surface area (TPSA) is 92.0 Å². The van der Waals surface area contributed by atoms with Gasteiger partial charge in [0.25, 0.3) is 0 Å². The summed E-state index contributed by atoms with van der Waals surface area (Å²) in [4.78, 5) is 20.3. The van der Waals surface area contributed by atoms with Gasteiger partial charge in [0.2, 0.25) is 5.95 Å². The molecule has 5 rings (SSSR count). The van der Waals surface area contributed by atoms with E-state index >= 15 is 0 Å². The van der Waals surface area contributed by atoms with Gasteiger partial charge in [-0.05, 0) is 66.7 Å². The molecule has 172 valence electrons. The van der Waals surface area contributed by atoms with E-state index in [2.05, 4.69) is 54.8 Å². The lowest BCUT2D eigenvalue weighted by molar-refractivity contribution is 0.478. The van der Waals surface area contributed by atoms with E-state index in [0.717, 1.165) is 41.9 Å². The van der Waals surface area contributed by atoms with Crippen LogP contribution in [0, 0.1) is 6.92 Å². The van der Waals surface area contributed by atoms with E-state index in [-0.39, 0.29) is 0 Å². The van der Waals surface area contributed by atoms with Crippen LogP contribution in [-0.4, -0.2) is 31.6 Å². The molecule has 0 aliphatic carbocycles. The van der Waals surface area contributed by atoms with Crippen molar-refractivity contribution in [2.24, 2.45) is 0 Å². The average Bonchev–Trinajstić information content (AvgIpc) is 3.28. The van der Waals surface area contributed by atoms with Crippen LogP contribution in [0.1, 0.15) is 22.6 Å². The number of furan rings is 1. The van der Waals surface area contributed by atoms with Crippen molar-refractivity contribution >= 4 is 40.9 Å². The summed E-state index contributed by atoms with van der Waals surface area (Å²) in [5.41, 5.74) is 2.70. The number of anilines is 2. The van der Waals surface area contributed by atoms with Crippen LogP contribution in [-0.2, 0) is 19.5 Å². The molecule has 1 aliphatic heterocycles. The summed E-state index contributed by atoms with van der Waals surface area (Å²) >= 11 is 6.86. The average molecular weight is 490 g/mol. The molecule has 4 heterocycles. The number of thiocarbonyl (C=S) groups is 1. The van der Waals surface area contributed by atoms with E-state index in [1.165, 1.54) is 22.9 Å². The number of benzene rings is 1. The fraction of sp³-hybridized carbons (Fsp3) is 0.208. The third-order valence-corrected chi connectivity index (χ3v) is 6.38. The van der Waals surface area contributed by atoms with Gasteiger partial charge in [0.05, 0.1) is 6.54 Å². The Balaban J connectivity index is 1.36. The summed E-state index contributed by atoms with van der Waals surface area (Å²) in [6.45, 7) is 4.05. The van der Waals surface area contributed by atoms with Gasteiger partial charge in [-0.2, -0.15) is 4.98 Å². The van der Waals surface area contributed by atoms with Gasteiger partial charge in [0, 0.05) is 31.5 Å². The first kappa shape index (κ1) is 22.3. The van der Waals surface area contributed by atoms with Crippen molar-refractivity contribution < 1.29 is 4.42 Å². The first-order valence-electron chi connectivity index (χ1n) is 10.9. The second kappa shape index (κ2) is 10.2. The van der Waals surface area contributed by atoms with Crippen LogP contribution >= 0.6 is 24.0 Å². The smallest absolute Gasteiger partial charge is 0.232 e. The minimum absolute atomic E-state index is 0.419. The summed E-state index contributed by atoms with van der Waals surface area (Å²) in [6, 6.07) is 16.1. The van der Waals surface area contributed by atoms with E-state index in [4.69, 9.17) is 21.6 Å². The quantitative estimate of drug-likeness (QED) is 0.231. The monoisotopic (exact) mass is 489 g/mol. The van der Waals surface area contributed by atoms with Gasteiger partial charge in [0.15, 0.2) is 10.3 Å². The molecule has 1 aromatic carbocycles. The Bertz CT molecular complexity index is 1300. The van der Waals surface area contributed by atoms with Gasteiger partial charge in [0.1, 0.15) is 22.4 Å². The van der Waals surface area contributed by atoms with Crippen LogP contribution in [0.4, 0.5) is 11.8 Å². The Hall–Kier alpha value is -3.50. The molecule has 0 saturated heterocycles. The van der Waals surface area contributed by atoms with E-state index < -0.39 is 0 Å². The number of aromatic nitrogens is 4. The van der Waals surface area contributed by atoms with E-state index in [0.29, 0.717) is 22.8 Å². The molecule has 2 N–H and O–H groups in total. The molecule has 0 atom stereocenters. The van der Waals surface area contributed by atoms with Crippen LogP contribution in [0.25, 0.3) is 0 Å². The molecular formula is C24H23N7OS2. The van der Waals surface area contributed by atoms with Gasteiger partial charge in [-0.15, -0.1) is 0 Å². The Labute approximate surface area is 207 Å². The molecule has 4 aromatic rings. The zero-order chi connectivity index (χ0) is 23.3. The summed E-state index contributed by atoms with van der Waals surface area (Å²) < 4.78 is 5.59. The fourth-order valence-electron chi connectivity index (χ4n) is 3.70. The lowest BCUT2D eigenvalue weighted by Crippen LogP contribution is -2.32. The van der Waals surface area contributed by atoms with Crippen LogP contribution < -0.4 is 15.5 Å². The molecule has 10 heteroatoms. The minimum atomic E-state index is 0.419. The van der Waals surface area contributed by atoms with E-state index in [1.807, 2.05) is 25.1 Å². The number of aryl methyl sites for hydroxylation is 1. The standard InChI is InChI=1S/C24H23N7OS2/c1-16-7-8-19(32-16)14-27-23(33)30-22-28-20(13-21(29-22)34-24-25-10-4-11-26-24)31-12-9-17-5-2-3-6-18(17)15-31/h2-8,10-11,13H,9,12,14-15H2,1H3,(H2,27,28,29,30,33). The highest BCUT2D eigenvalue weighted by Crippen LogP contribution is 2.29. The number of nitrogens with zero attached hydrogens (tertiary/aromatic N) is 5. The minimum Gasteiger partial charge on any atom is -0.465 e. The Morgan fingerprint density at radius 2 is 1.91 bits per heavy atom. The number of hydrogen-bond donors (Lipinski definition) is 2. The van der Waals surface area contributed by atoms with Crippen molar-refractivity contribution in [3.63, 3.8) is 0 Å². The van der Waals surface area contributed by atoms with Crippen molar-refractivity contribution in [2.75, 3.05) is 16.8 Å². The van der Waals surface area contributed by atoms with Crippen LogP contribution in [0.2, 0.25) is 0 Å². The predicted molar refractivity (Wildman–Crippen MR) is 136 cm³/mol. The number of nitrogens with one attached hydrogen (secondary N) is 2. The number of fused-ring (bicyclic) bond motifs is 1. The van der Waals surface area contributed by atoms with Crippen molar-refractivity contribution in [3.8, 4) is 0 Å². The third kappa shape index (κ3) is 5.52. The van der Waals surface area contributed by atoms with Crippen LogP contribution in [0.15, 0.2) is 75.5 Å². The van der Waals surface area contributed by atoms with Gasteiger partial charge < -0.3 is 20.0 Å². The molecule has 0 saturated carbocycles. The molecule has 1 aliphatic rings. The molecular weight excluding hydrogens is 466 g/mol. The van der Waals surface area contributed by atoms with E-state index in [9.17, 15) is 0 Å². The zero-order valence-electron chi connectivity index (χ0n) is 18.6. The SMILES string of the molecule is Cc1ccc(CNC(=S)Nc2nc(Sc3ncccn3)cc(N3CCc4ccccc4C3)n2)o1. The highest BCUT2D eigenvalue weighted by molar-refractivity contribution is 7.99. The molecule has 0 fully saturated rings. The molecule has 0 unspecified atom stereocenters. The molecule has 0 radical (unpaired) electrons. The summed E-state index contributed by atoms with van der Waals surface area (Å²) in [5.74, 6) is 2.91. The van der Waals surface area contributed by atoms with Gasteiger partial charge in [-0.1, -0.05) is 24.3 Å². The maximum Gasteiger partial charge on any atom is 0.232 e. The number of rotatable bonds is 6. The Kier molecular flexibility index (Phi) is 6.68. The molecule has 3 aromatic heterocycles. The van der Waals surface area contributed by atoms with Crippen molar-refractivity contribution in [1.29, 1.82) is 0 Å². The van der Waals surface area contributed by atoms with E-state index in [1.54, 1.807) is 18.5 Å². The fourth-order valence-corrected chi connectivity index (χ4v) is 4.57. The lowest BCUT2D eigenvalue weighted by atomic mass is 10.00. The van der Waals surface area contributed by atoms with Crippen LogP contribution in [0.3, 0.4) is 0 Å². The Morgan fingerprint density at radius 1 is 1.09 bits per heavy atom. The third-order valence-electron chi connectivity index (χ3n) is 5.33. The first-order valence-corrected chi connectivity index (χ1v) is 12.1. The highest BCUT2D eigenvalue weighted by atomic mass is 32.2. The summed E-state index contributed by atoms with van der Waals surface area (Å²) in [5, 5.41) is 8.04. The molecule has 0 bridgehead atoms. The predicted octanol–water partition coefficient (Wildman–Crippen LogP) is 4.37. The maximum absolute atomic E-state index is 5.59.